The van der Waals surface area contributed by atoms with Crippen LogP contribution in [0.1, 0.15) is 0 Å². The van der Waals surface area contributed by atoms with Crippen molar-refractivity contribution in [1.82, 2.24) is 0 Å². The molecule has 0 aromatic rings. The summed E-state index contributed by atoms with van der Waals surface area (Å²) in [6.45, 7) is -0.748. The average molecular weight is 321 g/mol. The lowest BCUT2D eigenvalue weighted by atomic mass is 10.1. The molecule has 96 valence electrons. The molecule has 0 radical (unpaired) electrons. The SMILES string of the molecule is O=C(OCCBr)C(F)(F)C(F)(F)C(F)(F)F. The minimum atomic E-state index is -6.54. The van der Waals surface area contributed by atoms with Gasteiger partial charge in [0.05, 0.1) is 0 Å². The summed E-state index contributed by atoms with van der Waals surface area (Å²) in [7, 11) is 0. The summed E-state index contributed by atoms with van der Waals surface area (Å²) in [6.07, 6.45) is -6.54. The molecule has 0 saturated carbocycles. The first kappa shape index (κ1) is 15.5. The van der Waals surface area contributed by atoms with Gasteiger partial charge in [0.2, 0.25) is 0 Å². The van der Waals surface area contributed by atoms with Crippen LogP contribution in [0.2, 0.25) is 0 Å². The van der Waals surface area contributed by atoms with Crippen molar-refractivity contribution in [1.29, 1.82) is 0 Å². The van der Waals surface area contributed by atoms with E-state index in [-0.39, 0.29) is 5.33 Å². The lowest BCUT2D eigenvalue weighted by molar-refractivity contribution is -0.348. The molecule has 0 heterocycles. The van der Waals surface area contributed by atoms with E-state index in [1.165, 1.54) is 0 Å². The van der Waals surface area contributed by atoms with Gasteiger partial charge < -0.3 is 4.74 Å². The molecule has 0 spiro atoms. The summed E-state index contributed by atoms with van der Waals surface area (Å²) in [4.78, 5) is 10.3. The van der Waals surface area contributed by atoms with E-state index < -0.39 is 30.6 Å². The maximum Gasteiger partial charge on any atom is 0.460 e. The second-order valence-electron chi connectivity index (χ2n) is 2.47. The number of carbonyl (C=O) groups is 1. The van der Waals surface area contributed by atoms with Crippen LogP contribution in [0, 0.1) is 0 Å². The molecule has 0 aliphatic carbocycles. The molecule has 0 atom stereocenters. The zero-order valence-corrected chi connectivity index (χ0v) is 8.84. The van der Waals surface area contributed by atoms with Crippen molar-refractivity contribution in [2.24, 2.45) is 0 Å². The number of carbonyl (C=O) groups excluding carboxylic acids is 1. The minimum absolute atomic E-state index is 0.174. The van der Waals surface area contributed by atoms with E-state index >= 15 is 0 Å². The van der Waals surface area contributed by atoms with Gasteiger partial charge in [-0.25, -0.2) is 4.79 Å². The van der Waals surface area contributed by atoms with Crippen LogP contribution in [0.25, 0.3) is 0 Å². The van der Waals surface area contributed by atoms with E-state index in [0.717, 1.165) is 0 Å². The highest BCUT2D eigenvalue weighted by atomic mass is 79.9. The molecule has 0 N–H and O–H groups in total. The molecule has 0 unspecified atom stereocenters. The number of rotatable bonds is 4. The van der Waals surface area contributed by atoms with Crippen LogP contribution >= 0.6 is 15.9 Å². The van der Waals surface area contributed by atoms with Gasteiger partial charge in [-0.2, -0.15) is 30.7 Å². The Labute approximate surface area is 92.9 Å². The third-order valence-corrected chi connectivity index (χ3v) is 1.64. The molecule has 0 rings (SSSR count). The summed E-state index contributed by atoms with van der Waals surface area (Å²) in [6, 6.07) is 0. The smallest absolute Gasteiger partial charge is 0.460 e. The monoisotopic (exact) mass is 320 g/mol. The summed E-state index contributed by atoms with van der Waals surface area (Å²) in [5, 5.41) is -0.174. The second kappa shape index (κ2) is 4.76. The van der Waals surface area contributed by atoms with Crippen molar-refractivity contribution >= 4 is 21.9 Å². The van der Waals surface area contributed by atoms with E-state index in [4.69, 9.17) is 0 Å². The molecule has 0 fully saturated rings. The van der Waals surface area contributed by atoms with E-state index in [0.29, 0.717) is 0 Å². The van der Waals surface area contributed by atoms with Gasteiger partial charge in [0, 0.05) is 5.33 Å². The van der Waals surface area contributed by atoms with Gasteiger partial charge in [0.1, 0.15) is 6.61 Å². The molecular formula is C6H4BrF7O2. The van der Waals surface area contributed by atoms with Crippen LogP contribution in [-0.4, -0.2) is 35.9 Å². The molecule has 0 amide bonds. The molecule has 0 aliphatic heterocycles. The van der Waals surface area contributed by atoms with Crippen molar-refractivity contribution in [3.05, 3.63) is 0 Å². The van der Waals surface area contributed by atoms with Crippen molar-refractivity contribution in [3.63, 3.8) is 0 Å². The Hall–Kier alpha value is -0.540. The Bertz CT molecular complexity index is 262. The Morgan fingerprint density at radius 1 is 1.06 bits per heavy atom. The van der Waals surface area contributed by atoms with E-state index in [9.17, 15) is 35.5 Å². The Morgan fingerprint density at radius 3 is 1.81 bits per heavy atom. The normalized spacial score (nSPS) is 13.8. The van der Waals surface area contributed by atoms with Crippen molar-refractivity contribution in [3.8, 4) is 0 Å². The molecule has 0 saturated heterocycles. The molecule has 0 bridgehead atoms. The van der Waals surface area contributed by atoms with E-state index in [2.05, 4.69) is 20.7 Å². The zero-order valence-electron chi connectivity index (χ0n) is 7.25. The third kappa shape index (κ3) is 2.77. The highest BCUT2D eigenvalue weighted by Crippen LogP contribution is 2.46. The average Bonchev–Trinajstić information content (AvgIpc) is 2.11. The van der Waals surface area contributed by atoms with Crippen molar-refractivity contribution in [2.75, 3.05) is 11.9 Å². The molecule has 0 aliphatic rings. The third-order valence-electron chi connectivity index (χ3n) is 1.32. The van der Waals surface area contributed by atoms with Gasteiger partial charge in [0.25, 0.3) is 0 Å². The summed E-state index contributed by atoms with van der Waals surface area (Å²) >= 11 is 2.60. The van der Waals surface area contributed by atoms with Gasteiger partial charge in [-0.1, -0.05) is 15.9 Å². The van der Waals surface area contributed by atoms with Crippen molar-refractivity contribution in [2.45, 2.75) is 18.0 Å². The fraction of sp³-hybridized carbons (Fsp3) is 0.833. The van der Waals surface area contributed by atoms with Gasteiger partial charge in [-0.3, -0.25) is 0 Å². The molecule has 0 aromatic heterocycles. The fourth-order valence-corrected chi connectivity index (χ4v) is 0.690. The van der Waals surface area contributed by atoms with E-state index in [1.807, 2.05) is 0 Å². The second-order valence-corrected chi connectivity index (χ2v) is 3.26. The molecule has 10 heteroatoms. The van der Waals surface area contributed by atoms with Gasteiger partial charge >= 0.3 is 24.0 Å². The zero-order chi connectivity index (χ0) is 13.2. The predicted octanol–water partition coefficient (Wildman–Crippen LogP) is 2.76. The number of halogens is 8. The first-order chi connectivity index (χ1) is 6.98. The summed E-state index contributed by atoms with van der Waals surface area (Å²) in [5.74, 6) is -15.3. The molecule has 16 heavy (non-hydrogen) atoms. The lowest BCUT2D eigenvalue weighted by Crippen LogP contribution is -2.56. The highest BCUT2D eigenvalue weighted by molar-refractivity contribution is 9.09. The maximum atomic E-state index is 12.5. The lowest BCUT2D eigenvalue weighted by Gasteiger charge is -2.26. The Morgan fingerprint density at radius 2 is 1.50 bits per heavy atom. The Balaban J connectivity index is 4.97. The predicted molar refractivity (Wildman–Crippen MR) is 40.7 cm³/mol. The van der Waals surface area contributed by atoms with Crippen LogP contribution in [0.15, 0.2) is 0 Å². The van der Waals surface area contributed by atoms with E-state index in [1.54, 1.807) is 0 Å². The van der Waals surface area contributed by atoms with Crippen LogP contribution in [0.4, 0.5) is 30.7 Å². The summed E-state index contributed by atoms with van der Waals surface area (Å²) < 4.78 is 87.5. The number of hydrogen-bond acceptors (Lipinski definition) is 2. The highest BCUT2D eigenvalue weighted by Gasteiger charge is 2.77. The Kier molecular flexibility index (Phi) is 4.60. The molecule has 2 nitrogen and oxygen atoms in total. The number of esters is 1. The number of alkyl halides is 8. The molecular weight excluding hydrogens is 317 g/mol. The first-order valence-corrected chi connectivity index (χ1v) is 4.66. The quantitative estimate of drug-likeness (QED) is 0.452. The largest absolute Gasteiger partial charge is 0.460 e. The van der Waals surface area contributed by atoms with Crippen LogP contribution in [-0.2, 0) is 9.53 Å². The molecule has 0 aromatic carbocycles. The van der Waals surface area contributed by atoms with Crippen LogP contribution in [0.5, 0.6) is 0 Å². The van der Waals surface area contributed by atoms with Crippen LogP contribution in [0.3, 0.4) is 0 Å². The summed E-state index contributed by atoms with van der Waals surface area (Å²) in [5.41, 5.74) is 0. The number of hydrogen-bond donors (Lipinski definition) is 0. The standard InChI is InChI=1S/C6H4BrF7O2/c7-1-2-16-3(15)4(8,9)5(10,11)6(12,13)14/h1-2H2. The van der Waals surface area contributed by atoms with Gasteiger partial charge in [0.15, 0.2) is 0 Å². The maximum absolute atomic E-state index is 12.5. The minimum Gasteiger partial charge on any atom is -0.460 e. The topological polar surface area (TPSA) is 26.3 Å². The van der Waals surface area contributed by atoms with Crippen molar-refractivity contribution < 1.29 is 40.3 Å². The van der Waals surface area contributed by atoms with Gasteiger partial charge in [-0.05, 0) is 0 Å². The fourth-order valence-electron chi connectivity index (χ4n) is 0.528. The van der Waals surface area contributed by atoms with Gasteiger partial charge in [-0.15, -0.1) is 0 Å². The number of ether oxygens (including phenoxy) is 1. The first-order valence-electron chi connectivity index (χ1n) is 3.54. The van der Waals surface area contributed by atoms with Crippen LogP contribution < -0.4 is 0 Å².